The van der Waals surface area contributed by atoms with E-state index < -0.39 is 0 Å². The second-order valence-corrected chi connectivity index (χ2v) is 7.65. The molecule has 0 radical (unpaired) electrons. The molecule has 0 aromatic rings. The van der Waals surface area contributed by atoms with Gasteiger partial charge in [-0.3, -0.25) is 0 Å². The normalized spacial score (nSPS) is 27.2. The first-order valence-electron chi connectivity index (χ1n) is 8.35. The van der Waals surface area contributed by atoms with E-state index in [1.54, 1.807) is 0 Å². The standard InChI is InChI=1S/C18H36/c1-8-18(13(2)3,14(4)5)12-16(7)17-11-9-10-15(17)6/h13-17H,8-12H2,1-7H3. The zero-order valence-electron chi connectivity index (χ0n) is 13.9. The second kappa shape index (κ2) is 6.44. The van der Waals surface area contributed by atoms with Crippen molar-refractivity contribution in [2.45, 2.75) is 80.6 Å². The minimum atomic E-state index is 0.557. The van der Waals surface area contributed by atoms with Crippen LogP contribution in [0.2, 0.25) is 0 Å². The Morgan fingerprint density at radius 3 is 1.89 bits per heavy atom. The summed E-state index contributed by atoms with van der Waals surface area (Å²) in [5.74, 6) is 4.48. The first-order chi connectivity index (χ1) is 8.35. The zero-order valence-corrected chi connectivity index (χ0v) is 13.9. The molecule has 1 fully saturated rings. The van der Waals surface area contributed by atoms with Crippen molar-refractivity contribution in [1.82, 2.24) is 0 Å². The van der Waals surface area contributed by atoms with Gasteiger partial charge in [0.15, 0.2) is 0 Å². The van der Waals surface area contributed by atoms with Crippen LogP contribution < -0.4 is 0 Å². The van der Waals surface area contributed by atoms with Gasteiger partial charge in [0.1, 0.15) is 0 Å². The third-order valence-corrected chi connectivity index (χ3v) is 6.32. The molecule has 1 aliphatic carbocycles. The zero-order chi connectivity index (χ0) is 13.9. The lowest BCUT2D eigenvalue weighted by molar-refractivity contribution is 0.0532. The van der Waals surface area contributed by atoms with E-state index in [0.29, 0.717) is 5.41 Å². The summed E-state index contributed by atoms with van der Waals surface area (Å²) in [6, 6.07) is 0. The van der Waals surface area contributed by atoms with Crippen LogP contribution in [0.4, 0.5) is 0 Å². The molecule has 0 bridgehead atoms. The van der Waals surface area contributed by atoms with E-state index in [1.807, 2.05) is 0 Å². The molecule has 3 atom stereocenters. The van der Waals surface area contributed by atoms with Gasteiger partial charge in [-0.25, -0.2) is 0 Å². The number of rotatable bonds is 6. The molecular formula is C18H36. The maximum absolute atomic E-state index is 2.53. The quantitative estimate of drug-likeness (QED) is 0.531. The van der Waals surface area contributed by atoms with Gasteiger partial charge in [0.2, 0.25) is 0 Å². The van der Waals surface area contributed by atoms with Gasteiger partial charge in [0, 0.05) is 0 Å². The van der Waals surface area contributed by atoms with E-state index >= 15 is 0 Å². The van der Waals surface area contributed by atoms with Crippen LogP contribution in [0.15, 0.2) is 0 Å². The molecule has 0 aromatic heterocycles. The largest absolute Gasteiger partial charge is 0.0648 e. The van der Waals surface area contributed by atoms with Crippen LogP contribution in [-0.4, -0.2) is 0 Å². The molecule has 3 unspecified atom stereocenters. The third kappa shape index (κ3) is 3.11. The fourth-order valence-electron chi connectivity index (χ4n) is 4.87. The highest BCUT2D eigenvalue weighted by molar-refractivity contribution is 4.89. The van der Waals surface area contributed by atoms with Crippen molar-refractivity contribution >= 4 is 0 Å². The van der Waals surface area contributed by atoms with Crippen LogP contribution in [0, 0.1) is 35.0 Å². The topological polar surface area (TPSA) is 0 Å². The number of hydrogen-bond donors (Lipinski definition) is 0. The molecule has 1 rings (SSSR count). The third-order valence-electron chi connectivity index (χ3n) is 6.32. The Morgan fingerprint density at radius 1 is 1.00 bits per heavy atom. The molecule has 0 heteroatoms. The van der Waals surface area contributed by atoms with E-state index in [1.165, 1.54) is 32.1 Å². The molecule has 108 valence electrons. The van der Waals surface area contributed by atoms with Crippen molar-refractivity contribution in [2.75, 3.05) is 0 Å². The van der Waals surface area contributed by atoms with Gasteiger partial charge in [0.05, 0.1) is 0 Å². The van der Waals surface area contributed by atoms with Gasteiger partial charge in [-0.2, -0.15) is 0 Å². The van der Waals surface area contributed by atoms with Crippen molar-refractivity contribution < 1.29 is 0 Å². The minimum Gasteiger partial charge on any atom is -0.0648 e. The van der Waals surface area contributed by atoms with Crippen LogP contribution >= 0.6 is 0 Å². The molecule has 1 aliphatic rings. The van der Waals surface area contributed by atoms with Gasteiger partial charge >= 0.3 is 0 Å². The van der Waals surface area contributed by atoms with Gasteiger partial charge in [-0.15, -0.1) is 0 Å². The molecule has 18 heavy (non-hydrogen) atoms. The van der Waals surface area contributed by atoms with E-state index in [4.69, 9.17) is 0 Å². The highest BCUT2D eigenvalue weighted by Crippen LogP contribution is 2.48. The summed E-state index contributed by atoms with van der Waals surface area (Å²) in [4.78, 5) is 0. The van der Waals surface area contributed by atoms with Crippen molar-refractivity contribution in [3.05, 3.63) is 0 Å². The molecular weight excluding hydrogens is 216 g/mol. The summed E-state index contributed by atoms with van der Waals surface area (Å²) in [6.07, 6.45) is 7.20. The SMILES string of the molecule is CCC(CC(C)C1CCCC1C)(C(C)C)C(C)C. The van der Waals surface area contributed by atoms with Crippen molar-refractivity contribution in [3.8, 4) is 0 Å². The Balaban J connectivity index is 2.77. The van der Waals surface area contributed by atoms with Crippen LogP contribution in [-0.2, 0) is 0 Å². The van der Waals surface area contributed by atoms with E-state index in [-0.39, 0.29) is 0 Å². The van der Waals surface area contributed by atoms with Gasteiger partial charge < -0.3 is 0 Å². The molecule has 0 heterocycles. The Labute approximate surface area is 116 Å². The summed E-state index contributed by atoms with van der Waals surface area (Å²) in [5, 5.41) is 0. The fourth-order valence-corrected chi connectivity index (χ4v) is 4.87. The highest BCUT2D eigenvalue weighted by atomic mass is 14.4. The van der Waals surface area contributed by atoms with Gasteiger partial charge in [-0.1, -0.05) is 61.3 Å². The minimum absolute atomic E-state index is 0.557. The van der Waals surface area contributed by atoms with Crippen LogP contribution in [0.25, 0.3) is 0 Å². The first-order valence-corrected chi connectivity index (χ1v) is 8.35. The highest BCUT2D eigenvalue weighted by Gasteiger charge is 2.39. The predicted octanol–water partition coefficient (Wildman–Crippen LogP) is 6.16. The van der Waals surface area contributed by atoms with E-state index in [0.717, 1.165) is 29.6 Å². The maximum atomic E-state index is 2.53. The number of hydrogen-bond acceptors (Lipinski definition) is 0. The molecule has 0 saturated heterocycles. The van der Waals surface area contributed by atoms with Crippen molar-refractivity contribution in [3.63, 3.8) is 0 Å². The van der Waals surface area contributed by atoms with Crippen LogP contribution in [0.1, 0.15) is 80.6 Å². The van der Waals surface area contributed by atoms with Gasteiger partial charge in [-0.05, 0) is 54.3 Å². The Kier molecular flexibility index (Phi) is 5.74. The maximum Gasteiger partial charge on any atom is -0.0251 e. The summed E-state index contributed by atoms with van der Waals surface area (Å²) < 4.78 is 0. The predicted molar refractivity (Wildman–Crippen MR) is 82.7 cm³/mol. The second-order valence-electron chi connectivity index (χ2n) is 7.65. The average molecular weight is 252 g/mol. The van der Waals surface area contributed by atoms with Crippen molar-refractivity contribution in [2.24, 2.45) is 35.0 Å². The lowest BCUT2D eigenvalue weighted by Gasteiger charge is -2.44. The van der Waals surface area contributed by atoms with Gasteiger partial charge in [0.25, 0.3) is 0 Å². The molecule has 0 N–H and O–H groups in total. The molecule has 0 nitrogen and oxygen atoms in total. The molecule has 1 saturated carbocycles. The lowest BCUT2D eigenvalue weighted by Crippen LogP contribution is -2.36. The summed E-state index contributed by atoms with van der Waals surface area (Å²) in [7, 11) is 0. The fraction of sp³-hybridized carbons (Fsp3) is 1.00. The van der Waals surface area contributed by atoms with E-state index in [9.17, 15) is 0 Å². The molecule has 0 aliphatic heterocycles. The molecule has 0 aromatic carbocycles. The molecule has 0 spiro atoms. The summed E-state index contributed by atoms with van der Waals surface area (Å²) in [6.45, 7) is 17.2. The monoisotopic (exact) mass is 252 g/mol. The van der Waals surface area contributed by atoms with Crippen LogP contribution in [0.3, 0.4) is 0 Å². The summed E-state index contributed by atoms with van der Waals surface area (Å²) >= 11 is 0. The first kappa shape index (κ1) is 16.1. The summed E-state index contributed by atoms with van der Waals surface area (Å²) in [5.41, 5.74) is 0.557. The smallest absolute Gasteiger partial charge is 0.0251 e. The Hall–Kier alpha value is 0. The lowest BCUT2D eigenvalue weighted by atomic mass is 9.61. The Morgan fingerprint density at radius 2 is 1.56 bits per heavy atom. The molecule has 0 amide bonds. The van der Waals surface area contributed by atoms with E-state index in [2.05, 4.69) is 48.5 Å². The Bertz CT molecular complexity index is 230. The van der Waals surface area contributed by atoms with Crippen molar-refractivity contribution in [1.29, 1.82) is 0 Å². The average Bonchev–Trinajstić information content (AvgIpc) is 2.71. The van der Waals surface area contributed by atoms with Crippen LogP contribution in [0.5, 0.6) is 0 Å².